The van der Waals surface area contributed by atoms with E-state index in [2.05, 4.69) is 15.4 Å². The van der Waals surface area contributed by atoms with Gasteiger partial charge in [-0.3, -0.25) is 14.3 Å². The van der Waals surface area contributed by atoms with Gasteiger partial charge in [-0.05, 0) is 30.8 Å². The number of pyridine rings is 1. The molecule has 0 saturated heterocycles. The lowest BCUT2D eigenvalue weighted by Crippen LogP contribution is -3.09. The Balaban J connectivity index is 2.19. The number of ether oxygens (including phenoxy) is 1. The molecule has 2 aromatic heterocycles. The number of likely N-dealkylation sites (N-methyl/N-ethyl adjacent to an activating group) is 1. The summed E-state index contributed by atoms with van der Waals surface area (Å²) in [6.07, 6.45) is 4.38. The van der Waals surface area contributed by atoms with Gasteiger partial charge < -0.3 is 15.0 Å². The fraction of sp³-hybridized carbons (Fsp3) is 0.529. The van der Waals surface area contributed by atoms with Crippen LogP contribution in [0, 0.1) is 4.77 Å². The van der Waals surface area contributed by atoms with Crippen LogP contribution in [-0.4, -0.2) is 59.1 Å². The van der Waals surface area contributed by atoms with Crippen molar-refractivity contribution in [1.82, 2.24) is 24.6 Å². The zero-order valence-corrected chi connectivity index (χ0v) is 16.4. The molecular formula is C17H27N6O2S+. The standard InChI is InChI=1S/C17H26N6O2S/c1-4-7-19-15(24)12-21(2)13-23-17(26)22(10-11-25-3)16(20-23)14-5-8-18-9-6-14/h5-6,8-9H,4,7,10-13H2,1-3H3,(H,19,24)/p+1. The number of carbonyl (C=O) groups is 1. The molecule has 0 aliphatic carbocycles. The number of hydrogen-bond acceptors (Lipinski definition) is 5. The first-order valence-corrected chi connectivity index (χ1v) is 9.12. The summed E-state index contributed by atoms with van der Waals surface area (Å²) in [5.74, 6) is 0.807. The summed E-state index contributed by atoms with van der Waals surface area (Å²) in [5.41, 5.74) is 0.944. The van der Waals surface area contributed by atoms with Gasteiger partial charge >= 0.3 is 0 Å². The number of carbonyl (C=O) groups excluding carboxylic acids is 1. The Kier molecular flexibility index (Phi) is 7.89. The maximum Gasteiger partial charge on any atom is 0.275 e. The molecule has 8 nitrogen and oxygen atoms in total. The lowest BCUT2D eigenvalue weighted by molar-refractivity contribution is -0.895. The molecule has 2 heterocycles. The third kappa shape index (κ3) is 5.45. The number of hydrogen-bond donors (Lipinski definition) is 2. The molecule has 2 rings (SSSR count). The number of nitrogens with one attached hydrogen (secondary N) is 2. The number of amides is 1. The fourth-order valence-electron chi connectivity index (χ4n) is 2.56. The van der Waals surface area contributed by atoms with E-state index in [1.807, 2.05) is 30.7 Å². The highest BCUT2D eigenvalue weighted by atomic mass is 32.1. The van der Waals surface area contributed by atoms with Crippen LogP contribution < -0.4 is 10.2 Å². The van der Waals surface area contributed by atoms with E-state index in [1.165, 1.54) is 0 Å². The smallest absolute Gasteiger partial charge is 0.275 e. The average molecular weight is 380 g/mol. The van der Waals surface area contributed by atoms with Gasteiger partial charge in [0.25, 0.3) is 5.91 Å². The van der Waals surface area contributed by atoms with E-state index in [9.17, 15) is 4.79 Å². The average Bonchev–Trinajstić information content (AvgIpc) is 2.94. The Bertz CT molecular complexity index is 758. The van der Waals surface area contributed by atoms with Crippen LogP contribution in [0.3, 0.4) is 0 Å². The number of rotatable bonds is 10. The molecule has 0 aliphatic rings. The van der Waals surface area contributed by atoms with Crippen LogP contribution in [-0.2, 0) is 22.7 Å². The zero-order valence-electron chi connectivity index (χ0n) is 15.6. The van der Waals surface area contributed by atoms with E-state index >= 15 is 0 Å². The van der Waals surface area contributed by atoms with Gasteiger partial charge in [-0.25, -0.2) is 0 Å². The highest BCUT2D eigenvalue weighted by Crippen LogP contribution is 2.17. The fourth-order valence-corrected chi connectivity index (χ4v) is 2.84. The molecular weight excluding hydrogens is 352 g/mol. The van der Waals surface area contributed by atoms with Crippen LogP contribution in [0.15, 0.2) is 24.5 Å². The van der Waals surface area contributed by atoms with Gasteiger partial charge in [-0.2, -0.15) is 4.68 Å². The summed E-state index contributed by atoms with van der Waals surface area (Å²) in [7, 11) is 3.61. The van der Waals surface area contributed by atoms with Crippen molar-refractivity contribution in [2.45, 2.75) is 26.6 Å². The minimum atomic E-state index is 0.0315. The van der Waals surface area contributed by atoms with E-state index in [4.69, 9.17) is 17.0 Å². The van der Waals surface area contributed by atoms with E-state index in [-0.39, 0.29) is 5.91 Å². The minimum absolute atomic E-state index is 0.0315. The van der Waals surface area contributed by atoms with Gasteiger partial charge in [-0.15, -0.1) is 5.10 Å². The molecule has 0 radical (unpaired) electrons. The van der Waals surface area contributed by atoms with E-state index in [0.717, 1.165) is 22.7 Å². The van der Waals surface area contributed by atoms with Crippen molar-refractivity contribution in [3.63, 3.8) is 0 Å². The highest BCUT2D eigenvalue weighted by molar-refractivity contribution is 7.71. The molecule has 1 unspecified atom stereocenters. The number of methoxy groups -OCH3 is 1. The quantitative estimate of drug-likeness (QED) is 0.574. The zero-order chi connectivity index (χ0) is 18.9. The molecule has 0 fully saturated rings. The van der Waals surface area contributed by atoms with Crippen LogP contribution in [0.4, 0.5) is 0 Å². The molecule has 2 aromatic rings. The lowest BCUT2D eigenvalue weighted by atomic mass is 10.2. The molecule has 0 spiro atoms. The van der Waals surface area contributed by atoms with Crippen molar-refractivity contribution in [2.24, 2.45) is 0 Å². The summed E-state index contributed by atoms with van der Waals surface area (Å²) in [4.78, 5) is 17.0. The molecule has 0 saturated carbocycles. The number of aromatic nitrogens is 4. The van der Waals surface area contributed by atoms with Crippen LogP contribution in [0.1, 0.15) is 13.3 Å². The first-order valence-electron chi connectivity index (χ1n) is 8.71. The predicted octanol–water partition coefficient (Wildman–Crippen LogP) is 0.121. The topological polar surface area (TPSA) is 78.4 Å². The predicted molar refractivity (Wildman–Crippen MR) is 101 cm³/mol. The maximum atomic E-state index is 11.9. The van der Waals surface area contributed by atoms with Crippen molar-refractivity contribution in [2.75, 3.05) is 33.9 Å². The first-order chi connectivity index (χ1) is 12.6. The van der Waals surface area contributed by atoms with E-state index in [0.29, 0.717) is 37.7 Å². The minimum Gasteiger partial charge on any atom is -0.383 e. The van der Waals surface area contributed by atoms with Gasteiger partial charge in [0.05, 0.1) is 20.2 Å². The van der Waals surface area contributed by atoms with Crippen molar-refractivity contribution in [3.05, 3.63) is 29.3 Å². The summed E-state index contributed by atoms with van der Waals surface area (Å²) in [6.45, 7) is 4.77. The SMILES string of the molecule is CCCNC(=O)C[NH+](C)Cn1nc(-c2ccncc2)n(CCOC)c1=S. The molecule has 26 heavy (non-hydrogen) atoms. The number of nitrogens with zero attached hydrogens (tertiary/aromatic N) is 4. The highest BCUT2D eigenvalue weighted by Gasteiger charge is 2.16. The van der Waals surface area contributed by atoms with Gasteiger partial charge in [0.2, 0.25) is 4.77 Å². The Hall–Kier alpha value is -2.10. The Morgan fingerprint density at radius 2 is 2.12 bits per heavy atom. The lowest BCUT2D eigenvalue weighted by Gasteiger charge is -2.13. The Labute approximate surface area is 158 Å². The molecule has 1 amide bonds. The molecule has 0 aliphatic heterocycles. The second kappa shape index (κ2) is 10.1. The molecule has 1 atom stereocenters. The molecule has 0 aromatic carbocycles. The van der Waals surface area contributed by atoms with E-state index < -0.39 is 0 Å². The maximum absolute atomic E-state index is 11.9. The Morgan fingerprint density at radius 1 is 1.38 bits per heavy atom. The van der Waals surface area contributed by atoms with Crippen LogP contribution in [0.5, 0.6) is 0 Å². The second-order valence-corrected chi connectivity index (χ2v) is 6.49. The summed E-state index contributed by atoms with van der Waals surface area (Å²) in [5, 5.41) is 7.57. The van der Waals surface area contributed by atoms with Crippen LogP contribution in [0.25, 0.3) is 11.4 Å². The van der Waals surface area contributed by atoms with Gasteiger partial charge in [0, 0.05) is 31.6 Å². The van der Waals surface area contributed by atoms with Crippen molar-refractivity contribution < 1.29 is 14.4 Å². The summed E-state index contributed by atoms with van der Waals surface area (Å²) >= 11 is 5.61. The normalized spacial score (nSPS) is 12.1. The summed E-state index contributed by atoms with van der Waals surface area (Å²) in [6, 6.07) is 3.80. The van der Waals surface area contributed by atoms with Crippen LogP contribution >= 0.6 is 12.2 Å². The van der Waals surface area contributed by atoms with Crippen molar-refractivity contribution in [3.8, 4) is 11.4 Å². The second-order valence-electron chi connectivity index (χ2n) is 6.13. The van der Waals surface area contributed by atoms with Gasteiger partial charge in [-0.1, -0.05) is 6.92 Å². The van der Waals surface area contributed by atoms with Crippen molar-refractivity contribution in [1.29, 1.82) is 0 Å². The molecule has 0 bridgehead atoms. The third-order valence-corrected chi connectivity index (χ3v) is 4.27. The van der Waals surface area contributed by atoms with Crippen LogP contribution in [0.2, 0.25) is 0 Å². The largest absolute Gasteiger partial charge is 0.383 e. The monoisotopic (exact) mass is 379 g/mol. The molecule has 142 valence electrons. The van der Waals surface area contributed by atoms with Gasteiger partial charge in [0.1, 0.15) is 0 Å². The van der Waals surface area contributed by atoms with E-state index in [1.54, 1.807) is 24.2 Å². The van der Waals surface area contributed by atoms with Gasteiger partial charge in [0.15, 0.2) is 19.0 Å². The van der Waals surface area contributed by atoms with Crippen molar-refractivity contribution >= 4 is 18.1 Å². The molecule has 9 heteroatoms. The summed E-state index contributed by atoms with van der Waals surface area (Å²) < 4.78 is 9.53. The molecule has 2 N–H and O–H groups in total. The Morgan fingerprint density at radius 3 is 2.77 bits per heavy atom. The number of quaternary nitrogens is 1. The third-order valence-electron chi connectivity index (χ3n) is 3.83. The first kappa shape index (κ1) is 20.2.